The Morgan fingerprint density at radius 1 is 1.53 bits per heavy atom. The number of carbonyl (C=O) groups excluding carboxylic acids is 1. The summed E-state index contributed by atoms with van der Waals surface area (Å²) in [4.78, 5) is 13.2. The van der Waals surface area contributed by atoms with Gasteiger partial charge in [0.05, 0.1) is 6.10 Å². The highest BCUT2D eigenvalue weighted by Gasteiger charge is 2.19. The summed E-state index contributed by atoms with van der Waals surface area (Å²) in [6.07, 6.45) is 4.54. The van der Waals surface area contributed by atoms with Crippen molar-refractivity contribution in [2.24, 2.45) is 0 Å². The number of ether oxygens (including phenoxy) is 1. The van der Waals surface area contributed by atoms with Gasteiger partial charge in [-0.3, -0.25) is 4.79 Å². The van der Waals surface area contributed by atoms with Gasteiger partial charge in [0.1, 0.15) is 5.78 Å². The van der Waals surface area contributed by atoms with Crippen LogP contribution in [-0.4, -0.2) is 43.0 Å². The Bertz CT molecular complexity index is 194. The maximum atomic E-state index is 10.9. The third kappa shape index (κ3) is 5.28. The van der Waals surface area contributed by atoms with Crippen molar-refractivity contribution >= 4 is 5.78 Å². The molecule has 0 spiro atoms. The molecular weight excluding hydrogens is 190 g/mol. The minimum absolute atomic E-state index is 0.284. The monoisotopic (exact) mass is 213 g/mol. The van der Waals surface area contributed by atoms with E-state index in [-0.39, 0.29) is 5.78 Å². The second kappa shape index (κ2) is 6.96. The van der Waals surface area contributed by atoms with E-state index in [2.05, 4.69) is 11.8 Å². The summed E-state index contributed by atoms with van der Waals surface area (Å²) >= 11 is 0. The van der Waals surface area contributed by atoms with Gasteiger partial charge in [-0.1, -0.05) is 6.92 Å². The molecule has 0 aromatic carbocycles. The largest absolute Gasteiger partial charge is 0.377 e. The van der Waals surface area contributed by atoms with Crippen molar-refractivity contribution in [2.45, 2.75) is 45.6 Å². The first kappa shape index (κ1) is 12.7. The van der Waals surface area contributed by atoms with Crippen LogP contribution in [-0.2, 0) is 9.53 Å². The molecule has 1 heterocycles. The van der Waals surface area contributed by atoms with Crippen LogP contribution in [0.2, 0.25) is 0 Å². The van der Waals surface area contributed by atoms with Crippen LogP contribution in [0, 0.1) is 0 Å². The molecule has 88 valence electrons. The zero-order chi connectivity index (χ0) is 11.1. The van der Waals surface area contributed by atoms with E-state index in [4.69, 9.17) is 4.74 Å². The summed E-state index contributed by atoms with van der Waals surface area (Å²) < 4.78 is 5.74. The number of hydrogen-bond acceptors (Lipinski definition) is 3. The Balaban J connectivity index is 2.19. The fraction of sp³-hybridized carbons (Fsp3) is 0.917. The minimum atomic E-state index is 0.284. The van der Waals surface area contributed by atoms with Gasteiger partial charge in [-0.15, -0.1) is 0 Å². The van der Waals surface area contributed by atoms with E-state index in [0.717, 1.165) is 32.7 Å². The average Bonchev–Trinajstić information content (AvgIpc) is 2.24. The summed E-state index contributed by atoms with van der Waals surface area (Å²) in [6.45, 7) is 7.70. The zero-order valence-corrected chi connectivity index (χ0v) is 10.00. The van der Waals surface area contributed by atoms with Crippen LogP contribution >= 0.6 is 0 Å². The van der Waals surface area contributed by atoms with E-state index in [1.807, 2.05) is 0 Å². The van der Waals surface area contributed by atoms with Gasteiger partial charge in [0.15, 0.2) is 0 Å². The lowest BCUT2D eigenvalue weighted by molar-refractivity contribution is -0.117. The summed E-state index contributed by atoms with van der Waals surface area (Å²) in [7, 11) is 0. The first-order valence-electron chi connectivity index (χ1n) is 6.05. The Labute approximate surface area is 92.8 Å². The summed E-state index contributed by atoms with van der Waals surface area (Å²) in [5.74, 6) is 0.284. The fourth-order valence-corrected chi connectivity index (χ4v) is 1.95. The molecule has 1 fully saturated rings. The molecule has 3 nitrogen and oxygen atoms in total. The average molecular weight is 213 g/mol. The number of hydrogen-bond donors (Lipinski definition) is 0. The zero-order valence-electron chi connectivity index (χ0n) is 10.00. The van der Waals surface area contributed by atoms with Gasteiger partial charge in [-0.2, -0.15) is 0 Å². The molecule has 1 aliphatic rings. The lowest BCUT2D eigenvalue weighted by Crippen LogP contribution is -2.40. The van der Waals surface area contributed by atoms with Crippen molar-refractivity contribution < 1.29 is 9.53 Å². The number of nitrogens with zero attached hydrogens (tertiary/aromatic N) is 1. The maximum absolute atomic E-state index is 10.9. The number of carbonyl (C=O) groups is 1. The van der Waals surface area contributed by atoms with E-state index < -0.39 is 0 Å². The summed E-state index contributed by atoms with van der Waals surface area (Å²) in [5.41, 5.74) is 0. The van der Waals surface area contributed by atoms with Crippen LogP contribution in [0.5, 0.6) is 0 Å². The molecule has 15 heavy (non-hydrogen) atoms. The minimum Gasteiger partial charge on any atom is -0.377 e. The topological polar surface area (TPSA) is 29.5 Å². The van der Waals surface area contributed by atoms with Crippen LogP contribution < -0.4 is 0 Å². The molecular formula is C12H23NO2. The van der Waals surface area contributed by atoms with Crippen molar-refractivity contribution in [3.8, 4) is 0 Å². The van der Waals surface area contributed by atoms with Gasteiger partial charge in [0.2, 0.25) is 0 Å². The molecule has 1 rings (SSSR count). The van der Waals surface area contributed by atoms with Crippen molar-refractivity contribution in [1.29, 1.82) is 0 Å². The number of Topliss-reactive ketones (excluding diaryl/α,β-unsaturated/α-hetero) is 1. The maximum Gasteiger partial charge on any atom is 0.131 e. The van der Waals surface area contributed by atoms with Crippen LogP contribution in [0.15, 0.2) is 0 Å². The SMILES string of the molecule is CCCOC1CCCN(CCC(C)=O)C1. The molecule has 0 aliphatic carbocycles. The van der Waals surface area contributed by atoms with Crippen molar-refractivity contribution in [2.75, 3.05) is 26.2 Å². The molecule has 1 saturated heterocycles. The molecule has 1 aliphatic heterocycles. The van der Waals surface area contributed by atoms with Crippen LogP contribution in [0.4, 0.5) is 0 Å². The van der Waals surface area contributed by atoms with Crippen LogP contribution in [0.1, 0.15) is 39.5 Å². The Hall–Kier alpha value is -0.410. The Morgan fingerprint density at radius 3 is 3.00 bits per heavy atom. The molecule has 0 aromatic rings. The van der Waals surface area contributed by atoms with Gasteiger partial charge in [0.25, 0.3) is 0 Å². The summed E-state index contributed by atoms with van der Waals surface area (Å²) in [5, 5.41) is 0. The highest BCUT2D eigenvalue weighted by molar-refractivity contribution is 5.75. The Kier molecular flexibility index (Phi) is 5.88. The lowest BCUT2D eigenvalue weighted by atomic mass is 10.1. The number of rotatable bonds is 6. The van der Waals surface area contributed by atoms with Crippen LogP contribution in [0.3, 0.4) is 0 Å². The van der Waals surface area contributed by atoms with E-state index in [0.29, 0.717) is 12.5 Å². The van der Waals surface area contributed by atoms with Gasteiger partial charge < -0.3 is 9.64 Å². The Morgan fingerprint density at radius 2 is 2.33 bits per heavy atom. The number of ketones is 1. The quantitative estimate of drug-likeness (QED) is 0.674. The third-order valence-corrected chi connectivity index (χ3v) is 2.80. The normalized spacial score (nSPS) is 22.9. The van der Waals surface area contributed by atoms with Gasteiger partial charge in [-0.05, 0) is 32.7 Å². The van der Waals surface area contributed by atoms with Crippen LogP contribution in [0.25, 0.3) is 0 Å². The van der Waals surface area contributed by atoms with Crippen molar-refractivity contribution in [3.05, 3.63) is 0 Å². The van der Waals surface area contributed by atoms with E-state index in [1.165, 1.54) is 12.8 Å². The molecule has 1 atom stereocenters. The molecule has 0 bridgehead atoms. The van der Waals surface area contributed by atoms with E-state index >= 15 is 0 Å². The lowest BCUT2D eigenvalue weighted by Gasteiger charge is -2.32. The molecule has 0 amide bonds. The molecule has 0 aromatic heterocycles. The van der Waals surface area contributed by atoms with E-state index in [1.54, 1.807) is 6.92 Å². The second-order valence-corrected chi connectivity index (χ2v) is 4.39. The standard InChI is InChI=1S/C12H23NO2/c1-3-9-15-12-5-4-7-13(10-12)8-6-11(2)14/h12H,3-10H2,1-2H3. The van der Waals surface area contributed by atoms with Gasteiger partial charge in [0, 0.05) is 26.1 Å². The smallest absolute Gasteiger partial charge is 0.131 e. The molecule has 0 saturated carbocycles. The predicted molar refractivity (Wildman–Crippen MR) is 61.0 cm³/mol. The molecule has 3 heteroatoms. The van der Waals surface area contributed by atoms with Crippen molar-refractivity contribution in [1.82, 2.24) is 4.90 Å². The summed E-state index contributed by atoms with van der Waals surface area (Å²) in [6, 6.07) is 0. The fourth-order valence-electron chi connectivity index (χ4n) is 1.95. The predicted octanol–water partition coefficient (Wildman–Crippen LogP) is 1.86. The number of likely N-dealkylation sites (tertiary alicyclic amines) is 1. The highest BCUT2D eigenvalue weighted by Crippen LogP contribution is 2.13. The molecule has 0 radical (unpaired) electrons. The van der Waals surface area contributed by atoms with E-state index in [9.17, 15) is 4.79 Å². The second-order valence-electron chi connectivity index (χ2n) is 4.39. The number of piperidine rings is 1. The highest BCUT2D eigenvalue weighted by atomic mass is 16.5. The van der Waals surface area contributed by atoms with Gasteiger partial charge in [-0.25, -0.2) is 0 Å². The first-order chi connectivity index (χ1) is 7.22. The van der Waals surface area contributed by atoms with Gasteiger partial charge >= 0.3 is 0 Å². The van der Waals surface area contributed by atoms with Crippen molar-refractivity contribution in [3.63, 3.8) is 0 Å². The first-order valence-corrected chi connectivity index (χ1v) is 6.05. The third-order valence-electron chi connectivity index (χ3n) is 2.80. The molecule has 1 unspecified atom stereocenters. The molecule has 0 N–H and O–H groups in total.